The van der Waals surface area contributed by atoms with Gasteiger partial charge in [-0.25, -0.2) is 13.1 Å². The fraction of sp³-hybridized carbons (Fsp3) is 0.0455. The second-order valence-corrected chi connectivity index (χ2v) is 8.52. The molecule has 1 heterocycles. The number of non-ortho nitro benzene ring substituents is 1. The van der Waals surface area contributed by atoms with Gasteiger partial charge < -0.3 is 0 Å². The highest BCUT2D eigenvalue weighted by Gasteiger charge is 2.30. The fourth-order valence-electron chi connectivity index (χ4n) is 3.30. The lowest BCUT2D eigenvalue weighted by Gasteiger charge is -2.11. The van der Waals surface area contributed by atoms with E-state index in [0.29, 0.717) is 22.6 Å². The molecule has 0 atom stereocenters. The molecular weight excluding hydrogens is 402 g/mol. The largest absolute Gasteiger partial charge is 0.269 e. The maximum atomic E-state index is 13.5. The van der Waals surface area contributed by atoms with Crippen LogP contribution in [0.2, 0.25) is 0 Å². The normalized spacial score (nSPS) is 11.4. The average Bonchev–Trinajstić information content (AvgIpc) is 3.13. The van der Waals surface area contributed by atoms with Gasteiger partial charge in [-0.15, -0.1) is 0 Å². The van der Waals surface area contributed by atoms with Gasteiger partial charge in [0.15, 0.2) is 0 Å². The Morgan fingerprint density at radius 2 is 1.43 bits per heavy atom. The van der Waals surface area contributed by atoms with E-state index in [1.54, 1.807) is 49.4 Å². The number of nitrogens with zero attached hydrogens (tertiary/aromatic N) is 3. The first-order valence-electron chi connectivity index (χ1n) is 9.09. The standard InChI is InChI=1S/C22H17N3O4S/c1-16-22(30(28,29)20-10-6-3-7-11-20)21(17-8-4-2-5-9-17)24(23-16)18-12-14-19(15-13-18)25(26)27/h2-15H,1H3. The lowest BCUT2D eigenvalue weighted by molar-refractivity contribution is -0.384. The molecule has 4 rings (SSSR count). The molecule has 0 unspecified atom stereocenters. The molecule has 0 N–H and O–H groups in total. The van der Waals surface area contributed by atoms with Gasteiger partial charge >= 0.3 is 0 Å². The third-order valence-corrected chi connectivity index (χ3v) is 6.60. The minimum Gasteiger partial charge on any atom is -0.258 e. The topological polar surface area (TPSA) is 95.1 Å². The summed E-state index contributed by atoms with van der Waals surface area (Å²) >= 11 is 0. The lowest BCUT2D eigenvalue weighted by atomic mass is 10.1. The van der Waals surface area contributed by atoms with Gasteiger partial charge in [-0.05, 0) is 31.2 Å². The van der Waals surface area contributed by atoms with Crippen LogP contribution in [0.1, 0.15) is 5.69 Å². The van der Waals surface area contributed by atoms with Gasteiger partial charge in [-0.2, -0.15) is 5.10 Å². The maximum Gasteiger partial charge on any atom is 0.269 e. The van der Waals surface area contributed by atoms with Gasteiger partial charge in [0.2, 0.25) is 9.84 Å². The van der Waals surface area contributed by atoms with Crippen LogP contribution in [0.4, 0.5) is 5.69 Å². The second kappa shape index (κ2) is 7.57. The zero-order valence-electron chi connectivity index (χ0n) is 16.0. The molecule has 0 radical (unpaired) electrons. The number of hydrogen-bond donors (Lipinski definition) is 0. The van der Waals surface area contributed by atoms with E-state index >= 15 is 0 Å². The van der Waals surface area contributed by atoms with Crippen molar-refractivity contribution in [1.29, 1.82) is 0 Å². The van der Waals surface area contributed by atoms with Gasteiger partial charge in [-0.3, -0.25) is 10.1 Å². The van der Waals surface area contributed by atoms with Crippen molar-refractivity contribution < 1.29 is 13.3 Å². The summed E-state index contributed by atoms with van der Waals surface area (Å²) in [6.07, 6.45) is 0. The van der Waals surface area contributed by atoms with Crippen molar-refractivity contribution >= 4 is 15.5 Å². The molecule has 0 saturated heterocycles. The maximum absolute atomic E-state index is 13.5. The number of rotatable bonds is 5. The Bertz CT molecular complexity index is 1310. The van der Waals surface area contributed by atoms with Crippen molar-refractivity contribution in [3.8, 4) is 16.9 Å². The Morgan fingerprint density at radius 1 is 0.867 bits per heavy atom. The van der Waals surface area contributed by atoms with Crippen LogP contribution in [0.15, 0.2) is 94.7 Å². The summed E-state index contributed by atoms with van der Waals surface area (Å²) in [4.78, 5) is 10.8. The van der Waals surface area contributed by atoms with Crippen LogP contribution in [-0.2, 0) is 9.84 Å². The molecule has 0 aliphatic heterocycles. The number of sulfone groups is 1. The molecule has 0 aliphatic rings. The van der Waals surface area contributed by atoms with Crippen molar-refractivity contribution in [3.05, 3.63) is 101 Å². The smallest absolute Gasteiger partial charge is 0.258 e. The van der Waals surface area contributed by atoms with E-state index in [9.17, 15) is 18.5 Å². The third-order valence-electron chi connectivity index (χ3n) is 4.68. The van der Waals surface area contributed by atoms with Gasteiger partial charge in [0.25, 0.3) is 5.69 Å². The van der Waals surface area contributed by atoms with Crippen LogP contribution < -0.4 is 0 Å². The average molecular weight is 419 g/mol. The van der Waals surface area contributed by atoms with E-state index in [2.05, 4.69) is 5.10 Å². The summed E-state index contributed by atoms with van der Waals surface area (Å²) < 4.78 is 28.5. The third kappa shape index (κ3) is 3.37. The second-order valence-electron chi connectivity index (χ2n) is 6.63. The van der Waals surface area contributed by atoms with E-state index < -0.39 is 14.8 Å². The predicted molar refractivity (Wildman–Crippen MR) is 112 cm³/mol. The van der Waals surface area contributed by atoms with Crippen molar-refractivity contribution in [2.45, 2.75) is 16.7 Å². The van der Waals surface area contributed by atoms with E-state index in [-0.39, 0.29) is 15.5 Å². The van der Waals surface area contributed by atoms with Crippen molar-refractivity contribution in [2.24, 2.45) is 0 Å². The number of aryl methyl sites for hydroxylation is 1. The summed E-state index contributed by atoms with van der Waals surface area (Å²) in [6, 6.07) is 23.1. The Labute approximate surface area is 173 Å². The zero-order valence-corrected chi connectivity index (χ0v) is 16.8. The molecule has 0 fully saturated rings. The number of nitro groups is 1. The Balaban J connectivity index is 2.00. The van der Waals surface area contributed by atoms with E-state index in [0.717, 1.165) is 0 Å². The Hall–Kier alpha value is -3.78. The van der Waals surface area contributed by atoms with Crippen molar-refractivity contribution in [3.63, 3.8) is 0 Å². The zero-order chi connectivity index (χ0) is 21.3. The lowest BCUT2D eigenvalue weighted by Crippen LogP contribution is -2.06. The van der Waals surface area contributed by atoms with Crippen LogP contribution in [0, 0.1) is 17.0 Å². The molecule has 0 amide bonds. The number of nitro benzene ring substituents is 1. The minimum atomic E-state index is -3.85. The van der Waals surface area contributed by atoms with Crippen LogP contribution in [-0.4, -0.2) is 23.1 Å². The first-order chi connectivity index (χ1) is 14.4. The molecule has 3 aromatic carbocycles. The molecular formula is C22H17N3O4S. The van der Waals surface area contributed by atoms with Crippen LogP contribution in [0.3, 0.4) is 0 Å². The van der Waals surface area contributed by atoms with E-state index in [1.165, 1.54) is 16.8 Å². The molecule has 0 spiro atoms. The summed E-state index contributed by atoms with van der Waals surface area (Å²) in [7, 11) is -3.85. The molecule has 0 saturated carbocycles. The van der Waals surface area contributed by atoms with Crippen LogP contribution in [0.5, 0.6) is 0 Å². The van der Waals surface area contributed by atoms with E-state index in [4.69, 9.17) is 0 Å². The SMILES string of the molecule is Cc1nn(-c2ccc([N+](=O)[O-])cc2)c(-c2ccccc2)c1S(=O)(=O)c1ccccc1. The predicted octanol–water partition coefficient (Wildman–Crippen LogP) is 4.59. The number of benzene rings is 3. The van der Waals surface area contributed by atoms with Crippen molar-refractivity contribution in [1.82, 2.24) is 9.78 Å². The van der Waals surface area contributed by atoms with Gasteiger partial charge in [0, 0.05) is 17.7 Å². The van der Waals surface area contributed by atoms with Gasteiger partial charge in [-0.1, -0.05) is 48.5 Å². The fourth-order valence-corrected chi connectivity index (χ4v) is 4.94. The molecule has 8 heteroatoms. The molecule has 7 nitrogen and oxygen atoms in total. The molecule has 4 aromatic rings. The molecule has 0 bridgehead atoms. The summed E-state index contributed by atoms with van der Waals surface area (Å²) in [5.41, 5.74) is 1.89. The van der Waals surface area contributed by atoms with E-state index in [1.807, 2.05) is 30.3 Å². The van der Waals surface area contributed by atoms with Crippen molar-refractivity contribution in [2.75, 3.05) is 0 Å². The Morgan fingerprint density at radius 3 is 2.00 bits per heavy atom. The summed E-state index contributed by atoms with van der Waals surface area (Å²) in [6.45, 7) is 1.64. The first-order valence-corrected chi connectivity index (χ1v) is 10.6. The Kier molecular flexibility index (Phi) is 4.93. The number of aromatic nitrogens is 2. The molecule has 150 valence electrons. The molecule has 0 aliphatic carbocycles. The molecule has 1 aromatic heterocycles. The highest BCUT2D eigenvalue weighted by Crippen LogP contribution is 2.35. The monoisotopic (exact) mass is 419 g/mol. The highest BCUT2D eigenvalue weighted by atomic mass is 32.2. The highest BCUT2D eigenvalue weighted by molar-refractivity contribution is 7.91. The minimum absolute atomic E-state index is 0.0546. The quantitative estimate of drug-likeness (QED) is 0.348. The summed E-state index contributed by atoms with van der Waals surface area (Å²) in [5, 5.41) is 15.5. The summed E-state index contributed by atoms with van der Waals surface area (Å²) in [5.74, 6) is 0. The first kappa shape index (κ1) is 19.5. The molecule has 30 heavy (non-hydrogen) atoms. The van der Waals surface area contributed by atoms with Crippen LogP contribution in [0.25, 0.3) is 16.9 Å². The van der Waals surface area contributed by atoms with Gasteiger partial charge in [0.05, 0.1) is 26.9 Å². The van der Waals surface area contributed by atoms with Crippen LogP contribution >= 0.6 is 0 Å². The number of hydrogen-bond acceptors (Lipinski definition) is 5. The van der Waals surface area contributed by atoms with Gasteiger partial charge in [0.1, 0.15) is 4.90 Å².